The molecule has 0 fully saturated rings. The van der Waals surface area contributed by atoms with Crippen molar-refractivity contribution in [2.75, 3.05) is 19.5 Å². The number of nitrogens with zero attached hydrogens (tertiary/aromatic N) is 4. The SMILES string of the molecule is COc1ccc(NC(=O)[C@H](C)Sc2nnnn2-c2cc(C)ccc2C)cc1OC. The van der Waals surface area contributed by atoms with Gasteiger partial charge >= 0.3 is 0 Å². The Morgan fingerprint density at radius 1 is 1.10 bits per heavy atom. The second-order valence-electron chi connectivity index (χ2n) is 6.48. The third-order valence-electron chi connectivity index (χ3n) is 4.34. The number of carbonyl (C=O) groups is 1. The molecule has 0 aliphatic carbocycles. The van der Waals surface area contributed by atoms with Crippen LogP contribution in [0.3, 0.4) is 0 Å². The molecule has 1 aromatic heterocycles. The van der Waals surface area contributed by atoms with Crippen LogP contribution in [0.1, 0.15) is 18.1 Å². The van der Waals surface area contributed by atoms with Gasteiger partial charge in [0, 0.05) is 11.8 Å². The number of amides is 1. The van der Waals surface area contributed by atoms with Gasteiger partial charge in [0.05, 0.1) is 25.2 Å². The average molecular weight is 414 g/mol. The van der Waals surface area contributed by atoms with Gasteiger partial charge in [-0.2, -0.15) is 4.68 Å². The van der Waals surface area contributed by atoms with Gasteiger partial charge in [-0.1, -0.05) is 23.9 Å². The Hall–Kier alpha value is -3.07. The lowest BCUT2D eigenvalue weighted by atomic mass is 10.1. The van der Waals surface area contributed by atoms with Gasteiger partial charge < -0.3 is 14.8 Å². The van der Waals surface area contributed by atoms with E-state index in [0.717, 1.165) is 16.8 Å². The first-order chi connectivity index (χ1) is 13.9. The molecule has 0 aliphatic rings. The van der Waals surface area contributed by atoms with Crippen LogP contribution >= 0.6 is 11.8 Å². The first-order valence-electron chi connectivity index (χ1n) is 8.98. The third-order valence-corrected chi connectivity index (χ3v) is 5.37. The van der Waals surface area contributed by atoms with Crippen LogP contribution in [-0.2, 0) is 4.79 Å². The Morgan fingerprint density at radius 3 is 2.59 bits per heavy atom. The monoisotopic (exact) mass is 413 g/mol. The van der Waals surface area contributed by atoms with Crippen molar-refractivity contribution in [3.63, 3.8) is 0 Å². The standard InChI is InChI=1S/C20H23N5O3S/c1-12-6-7-13(2)16(10-12)25-20(22-23-24-25)29-14(3)19(26)21-15-8-9-17(27-4)18(11-15)28-5/h6-11,14H,1-5H3,(H,21,26)/t14-/m0/s1. The molecule has 29 heavy (non-hydrogen) atoms. The molecule has 1 N–H and O–H groups in total. The molecule has 3 rings (SSSR count). The van der Waals surface area contributed by atoms with Crippen LogP contribution in [0.5, 0.6) is 11.5 Å². The smallest absolute Gasteiger partial charge is 0.237 e. The van der Waals surface area contributed by atoms with Crippen molar-refractivity contribution in [1.29, 1.82) is 0 Å². The van der Waals surface area contributed by atoms with Crippen molar-refractivity contribution < 1.29 is 14.3 Å². The van der Waals surface area contributed by atoms with Gasteiger partial charge in [0.15, 0.2) is 11.5 Å². The van der Waals surface area contributed by atoms with Crippen LogP contribution in [0.25, 0.3) is 5.69 Å². The number of tetrazole rings is 1. The average Bonchev–Trinajstić information content (AvgIpc) is 3.17. The summed E-state index contributed by atoms with van der Waals surface area (Å²) < 4.78 is 12.2. The molecule has 8 nitrogen and oxygen atoms in total. The number of aryl methyl sites for hydroxylation is 2. The highest BCUT2D eigenvalue weighted by Crippen LogP contribution is 2.31. The Kier molecular flexibility index (Phi) is 6.38. The molecule has 1 amide bonds. The molecule has 0 aliphatic heterocycles. The molecule has 1 heterocycles. The van der Waals surface area contributed by atoms with Crippen LogP contribution in [0.4, 0.5) is 5.69 Å². The fourth-order valence-corrected chi connectivity index (χ4v) is 3.52. The number of anilines is 1. The molecular weight excluding hydrogens is 390 g/mol. The first-order valence-corrected chi connectivity index (χ1v) is 9.86. The molecule has 0 saturated heterocycles. The van der Waals surface area contributed by atoms with Crippen molar-refractivity contribution in [3.05, 3.63) is 47.5 Å². The summed E-state index contributed by atoms with van der Waals surface area (Å²) in [6.45, 7) is 5.82. The fourth-order valence-electron chi connectivity index (χ4n) is 2.72. The van der Waals surface area contributed by atoms with E-state index in [-0.39, 0.29) is 5.91 Å². The minimum absolute atomic E-state index is 0.169. The predicted molar refractivity (Wildman–Crippen MR) is 112 cm³/mol. The summed E-state index contributed by atoms with van der Waals surface area (Å²) in [6, 6.07) is 11.3. The maximum absolute atomic E-state index is 12.7. The van der Waals surface area contributed by atoms with E-state index in [1.165, 1.54) is 11.8 Å². The lowest BCUT2D eigenvalue weighted by Gasteiger charge is -2.14. The van der Waals surface area contributed by atoms with Crippen LogP contribution in [0, 0.1) is 13.8 Å². The molecule has 1 atom stereocenters. The topological polar surface area (TPSA) is 91.2 Å². The van der Waals surface area contributed by atoms with Crippen molar-refractivity contribution in [2.45, 2.75) is 31.2 Å². The second-order valence-corrected chi connectivity index (χ2v) is 7.79. The second kappa shape index (κ2) is 8.95. The van der Waals surface area contributed by atoms with E-state index in [0.29, 0.717) is 22.3 Å². The molecular formula is C20H23N5O3S. The number of ether oxygens (including phenoxy) is 2. The number of methoxy groups -OCH3 is 2. The Balaban J connectivity index is 1.74. The van der Waals surface area contributed by atoms with Crippen molar-refractivity contribution in [1.82, 2.24) is 20.2 Å². The van der Waals surface area contributed by atoms with Gasteiger partial charge in [0.1, 0.15) is 0 Å². The molecule has 152 valence electrons. The van der Waals surface area contributed by atoms with E-state index < -0.39 is 5.25 Å². The molecule has 2 aromatic carbocycles. The Labute approximate surface area is 173 Å². The van der Waals surface area contributed by atoms with Crippen molar-refractivity contribution in [3.8, 4) is 17.2 Å². The number of carbonyl (C=O) groups excluding carboxylic acids is 1. The lowest BCUT2D eigenvalue weighted by Crippen LogP contribution is -2.23. The molecule has 0 radical (unpaired) electrons. The molecule has 0 unspecified atom stereocenters. The number of nitrogens with one attached hydrogen (secondary N) is 1. The summed E-state index contributed by atoms with van der Waals surface area (Å²) >= 11 is 1.29. The van der Waals surface area contributed by atoms with Crippen molar-refractivity contribution >= 4 is 23.4 Å². The number of thioether (sulfide) groups is 1. The summed E-state index contributed by atoms with van der Waals surface area (Å²) in [5, 5.41) is 15.0. The van der Waals surface area contributed by atoms with Crippen LogP contribution in [0.2, 0.25) is 0 Å². The highest BCUT2D eigenvalue weighted by molar-refractivity contribution is 8.00. The number of rotatable bonds is 7. The predicted octanol–water partition coefficient (Wildman–Crippen LogP) is 3.42. The van der Waals surface area contributed by atoms with E-state index in [1.807, 2.05) is 39.0 Å². The minimum atomic E-state index is -0.419. The number of aromatic nitrogens is 4. The minimum Gasteiger partial charge on any atom is -0.493 e. The zero-order chi connectivity index (χ0) is 21.0. The first kappa shape index (κ1) is 20.7. The maximum Gasteiger partial charge on any atom is 0.237 e. The van der Waals surface area contributed by atoms with Crippen LogP contribution in [-0.4, -0.2) is 45.6 Å². The molecule has 3 aromatic rings. The fraction of sp³-hybridized carbons (Fsp3) is 0.300. The molecule has 0 bridgehead atoms. The van der Waals surface area contributed by atoms with E-state index in [9.17, 15) is 4.79 Å². The molecule has 0 spiro atoms. The highest BCUT2D eigenvalue weighted by Gasteiger charge is 2.20. The third kappa shape index (κ3) is 4.68. The van der Waals surface area contributed by atoms with Gasteiger partial charge in [0.2, 0.25) is 11.1 Å². The number of hydrogen-bond donors (Lipinski definition) is 1. The summed E-state index contributed by atoms with van der Waals surface area (Å²) in [5.41, 5.74) is 3.67. The quantitative estimate of drug-likeness (QED) is 0.594. The highest BCUT2D eigenvalue weighted by atomic mass is 32.2. The van der Waals surface area contributed by atoms with Gasteiger partial charge in [-0.25, -0.2) is 0 Å². The summed E-state index contributed by atoms with van der Waals surface area (Å²) in [6.07, 6.45) is 0. The lowest BCUT2D eigenvalue weighted by molar-refractivity contribution is -0.115. The zero-order valence-corrected chi connectivity index (χ0v) is 17.8. The van der Waals surface area contributed by atoms with Gasteiger partial charge in [0.25, 0.3) is 0 Å². The molecule has 0 saturated carbocycles. The Bertz CT molecular complexity index is 1020. The van der Waals surface area contributed by atoms with Crippen LogP contribution < -0.4 is 14.8 Å². The zero-order valence-electron chi connectivity index (χ0n) is 17.0. The number of benzene rings is 2. The maximum atomic E-state index is 12.7. The van der Waals surface area contributed by atoms with E-state index in [1.54, 1.807) is 37.1 Å². The van der Waals surface area contributed by atoms with E-state index >= 15 is 0 Å². The molecule has 9 heteroatoms. The van der Waals surface area contributed by atoms with Gasteiger partial charge in [-0.15, -0.1) is 5.10 Å². The van der Waals surface area contributed by atoms with E-state index in [2.05, 4.69) is 20.8 Å². The van der Waals surface area contributed by atoms with Crippen LogP contribution in [0.15, 0.2) is 41.6 Å². The van der Waals surface area contributed by atoms with Gasteiger partial charge in [-0.05, 0) is 60.5 Å². The largest absolute Gasteiger partial charge is 0.493 e. The van der Waals surface area contributed by atoms with Gasteiger partial charge in [-0.3, -0.25) is 4.79 Å². The summed E-state index contributed by atoms with van der Waals surface area (Å²) in [7, 11) is 3.12. The number of hydrogen-bond acceptors (Lipinski definition) is 7. The van der Waals surface area contributed by atoms with Crippen molar-refractivity contribution in [2.24, 2.45) is 0 Å². The Morgan fingerprint density at radius 2 is 1.86 bits per heavy atom. The summed E-state index contributed by atoms with van der Waals surface area (Å²) in [5.74, 6) is 0.975. The normalized spacial score (nSPS) is 11.8. The van der Waals surface area contributed by atoms with E-state index in [4.69, 9.17) is 9.47 Å². The summed E-state index contributed by atoms with van der Waals surface area (Å²) in [4.78, 5) is 12.7.